The Balaban J connectivity index is 1.40. The van der Waals surface area contributed by atoms with Crippen LogP contribution in [-0.4, -0.2) is 27.9 Å². The van der Waals surface area contributed by atoms with Crippen LogP contribution >= 0.6 is 23.2 Å². The average molecular weight is 490 g/mol. The van der Waals surface area contributed by atoms with E-state index in [-0.39, 0.29) is 10.8 Å². The highest BCUT2D eigenvalue weighted by molar-refractivity contribution is 6.36. The number of rotatable bonds is 5. The Labute approximate surface area is 202 Å². The molecule has 1 aliphatic heterocycles. The summed E-state index contributed by atoms with van der Waals surface area (Å²) in [6, 6.07) is 4.91. The minimum absolute atomic E-state index is 0.0640. The lowest BCUT2D eigenvalue weighted by Crippen LogP contribution is -2.51. The van der Waals surface area contributed by atoms with Crippen LogP contribution in [0.4, 0.5) is 10.2 Å². The molecular formula is C24H26Cl2FN5O. The van der Waals surface area contributed by atoms with Crippen LogP contribution in [0, 0.1) is 11.2 Å². The number of nitrogen functional groups attached to an aromatic ring is 1. The fourth-order valence-electron chi connectivity index (χ4n) is 5.08. The number of hydrogen-bond donors (Lipinski definition) is 2. The minimum Gasteiger partial charge on any atom is -0.482 e. The molecule has 6 nitrogen and oxygen atoms in total. The predicted octanol–water partition coefficient (Wildman–Crippen LogP) is 5.82. The Bertz CT molecular complexity index is 1180. The molecule has 5 rings (SSSR count). The number of nitrogens with zero attached hydrogens (tertiary/aromatic N) is 3. The predicted molar refractivity (Wildman–Crippen MR) is 128 cm³/mol. The van der Waals surface area contributed by atoms with Crippen molar-refractivity contribution in [1.82, 2.24) is 20.1 Å². The number of pyridine rings is 1. The number of hydrogen-bond acceptors (Lipinski definition) is 5. The molecule has 0 amide bonds. The molecule has 1 aromatic carbocycles. The first-order chi connectivity index (χ1) is 15.9. The molecule has 0 radical (unpaired) electrons. The molecular weight excluding hydrogens is 464 g/mol. The quantitative estimate of drug-likeness (QED) is 0.441. The fraction of sp³-hybridized carbons (Fsp3) is 0.417. The number of halogens is 3. The lowest BCUT2D eigenvalue weighted by molar-refractivity contribution is 0.0231. The molecule has 1 spiro atoms. The third-order valence-electron chi connectivity index (χ3n) is 7.05. The summed E-state index contributed by atoms with van der Waals surface area (Å²) in [5.41, 5.74) is 8.54. The summed E-state index contributed by atoms with van der Waals surface area (Å²) in [6.45, 7) is 3.80. The monoisotopic (exact) mass is 489 g/mol. The number of benzene rings is 1. The van der Waals surface area contributed by atoms with Crippen LogP contribution in [0.1, 0.15) is 50.3 Å². The molecule has 1 saturated heterocycles. The van der Waals surface area contributed by atoms with Crippen molar-refractivity contribution >= 4 is 29.0 Å². The Morgan fingerprint density at radius 3 is 2.85 bits per heavy atom. The highest BCUT2D eigenvalue weighted by atomic mass is 35.5. The molecule has 0 bridgehead atoms. The standard InChI is InChI=1S/C24H26Cl2FN5O/c1-14(21-17(25)3-4-18(27)22(21)26)33-19-9-15(10-30-23(19)28)16-11-31-32(12-16)20-5-8-29-13-24(20)6-2-7-24/h3-4,9-12,14,20,29H,2,5-8,13H2,1H3,(H2,28,30)/t14-,20?/m1/s1. The molecule has 1 saturated carbocycles. The second-order valence-electron chi connectivity index (χ2n) is 9.03. The third kappa shape index (κ3) is 4.07. The first-order valence-electron chi connectivity index (χ1n) is 11.2. The van der Waals surface area contributed by atoms with Crippen molar-refractivity contribution in [2.75, 3.05) is 18.8 Å². The van der Waals surface area contributed by atoms with E-state index in [1.54, 1.807) is 13.1 Å². The van der Waals surface area contributed by atoms with E-state index in [4.69, 9.17) is 38.8 Å². The van der Waals surface area contributed by atoms with Gasteiger partial charge in [0.1, 0.15) is 11.9 Å². The summed E-state index contributed by atoms with van der Waals surface area (Å²) in [4.78, 5) is 4.31. The average Bonchev–Trinajstić information content (AvgIpc) is 3.27. The van der Waals surface area contributed by atoms with Crippen molar-refractivity contribution in [1.29, 1.82) is 0 Å². The van der Waals surface area contributed by atoms with Crippen molar-refractivity contribution < 1.29 is 9.13 Å². The van der Waals surface area contributed by atoms with Crippen LogP contribution in [0.25, 0.3) is 11.1 Å². The van der Waals surface area contributed by atoms with Crippen LogP contribution in [0.3, 0.4) is 0 Å². The number of ether oxygens (including phenoxy) is 1. The Hall–Kier alpha value is -2.35. The summed E-state index contributed by atoms with van der Waals surface area (Å²) >= 11 is 12.4. The third-order valence-corrected chi connectivity index (χ3v) is 7.77. The van der Waals surface area contributed by atoms with Crippen LogP contribution < -0.4 is 15.8 Å². The zero-order valence-electron chi connectivity index (χ0n) is 18.3. The van der Waals surface area contributed by atoms with Gasteiger partial charge in [-0.3, -0.25) is 4.68 Å². The maximum absolute atomic E-state index is 14.0. The molecule has 2 fully saturated rings. The molecule has 174 valence electrons. The number of nitrogens with one attached hydrogen (secondary N) is 1. The number of piperidine rings is 1. The fourth-order valence-corrected chi connectivity index (χ4v) is 5.76. The van der Waals surface area contributed by atoms with Crippen molar-refractivity contribution in [2.45, 2.75) is 44.8 Å². The van der Waals surface area contributed by atoms with Gasteiger partial charge in [0.15, 0.2) is 11.6 Å². The van der Waals surface area contributed by atoms with Crippen LogP contribution in [0.5, 0.6) is 5.75 Å². The summed E-state index contributed by atoms with van der Waals surface area (Å²) in [6.07, 6.45) is 9.85. The van der Waals surface area contributed by atoms with Gasteiger partial charge in [-0.15, -0.1) is 0 Å². The Kier molecular flexibility index (Phi) is 5.97. The van der Waals surface area contributed by atoms with Gasteiger partial charge in [-0.1, -0.05) is 29.6 Å². The lowest BCUT2D eigenvalue weighted by atomic mass is 9.62. The van der Waals surface area contributed by atoms with E-state index in [0.29, 0.717) is 27.8 Å². The SMILES string of the molecule is C[C@@H](Oc1cc(-c2cnn(C3CCNCC34CCC4)c2)cnc1N)c1c(Cl)ccc(F)c1Cl. The second-order valence-corrected chi connectivity index (χ2v) is 9.82. The molecule has 3 heterocycles. The summed E-state index contributed by atoms with van der Waals surface area (Å²) in [5, 5.41) is 8.51. The normalized spacial score (nSPS) is 20.4. The van der Waals surface area contributed by atoms with Crippen LogP contribution in [-0.2, 0) is 0 Å². The Morgan fingerprint density at radius 2 is 2.09 bits per heavy atom. The van der Waals surface area contributed by atoms with Crippen LogP contribution in [0.2, 0.25) is 10.0 Å². The lowest BCUT2D eigenvalue weighted by Gasteiger charge is -2.50. The zero-order chi connectivity index (χ0) is 23.2. The van der Waals surface area contributed by atoms with Gasteiger partial charge >= 0.3 is 0 Å². The zero-order valence-corrected chi connectivity index (χ0v) is 19.8. The van der Waals surface area contributed by atoms with Gasteiger partial charge in [0.25, 0.3) is 0 Å². The molecule has 9 heteroatoms. The van der Waals surface area contributed by atoms with Gasteiger partial charge in [0.2, 0.25) is 0 Å². The molecule has 1 aliphatic carbocycles. The van der Waals surface area contributed by atoms with E-state index in [2.05, 4.69) is 21.2 Å². The summed E-state index contributed by atoms with van der Waals surface area (Å²) in [7, 11) is 0. The molecule has 3 N–H and O–H groups in total. The van der Waals surface area contributed by atoms with Crippen molar-refractivity contribution in [3.05, 3.63) is 58.2 Å². The number of aromatic nitrogens is 3. The first-order valence-corrected chi connectivity index (χ1v) is 11.9. The van der Waals surface area contributed by atoms with E-state index in [0.717, 1.165) is 30.6 Å². The molecule has 3 aromatic rings. The van der Waals surface area contributed by atoms with E-state index >= 15 is 0 Å². The van der Waals surface area contributed by atoms with E-state index in [1.807, 2.05) is 12.3 Å². The number of nitrogens with two attached hydrogens (primary N) is 1. The van der Waals surface area contributed by atoms with Gasteiger partial charge in [0.05, 0.1) is 17.3 Å². The Morgan fingerprint density at radius 1 is 1.27 bits per heavy atom. The molecule has 33 heavy (non-hydrogen) atoms. The van der Waals surface area contributed by atoms with Crippen LogP contribution in [0.15, 0.2) is 36.8 Å². The van der Waals surface area contributed by atoms with Gasteiger partial charge in [0, 0.05) is 46.1 Å². The smallest absolute Gasteiger partial charge is 0.166 e. The topological polar surface area (TPSA) is 78.0 Å². The first kappa shape index (κ1) is 22.4. The van der Waals surface area contributed by atoms with E-state index in [9.17, 15) is 4.39 Å². The van der Waals surface area contributed by atoms with Gasteiger partial charge in [-0.05, 0) is 50.9 Å². The molecule has 1 unspecified atom stereocenters. The molecule has 2 aliphatic rings. The van der Waals surface area contributed by atoms with E-state index in [1.165, 1.54) is 31.4 Å². The summed E-state index contributed by atoms with van der Waals surface area (Å²) < 4.78 is 22.1. The van der Waals surface area contributed by atoms with Gasteiger partial charge < -0.3 is 15.8 Å². The maximum atomic E-state index is 14.0. The summed E-state index contributed by atoms with van der Waals surface area (Å²) in [5.74, 6) is 0.0517. The number of anilines is 1. The largest absolute Gasteiger partial charge is 0.482 e. The highest BCUT2D eigenvalue weighted by Gasteiger charge is 2.46. The molecule has 2 aromatic heterocycles. The second kappa shape index (κ2) is 8.78. The van der Waals surface area contributed by atoms with Crippen molar-refractivity contribution in [2.24, 2.45) is 5.41 Å². The minimum atomic E-state index is -0.629. The maximum Gasteiger partial charge on any atom is 0.166 e. The highest BCUT2D eigenvalue weighted by Crippen LogP contribution is 2.51. The van der Waals surface area contributed by atoms with E-state index < -0.39 is 11.9 Å². The van der Waals surface area contributed by atoms with Crippen molar-refractivity contribution in [3.63, 3.8) is 0 Å². The van der Waals surface area contributed by atoms with Crippen molar-refractivity contribution in [3.8, 4) is 16.9 Å². The van der Waals surface area contributed by atoms with Gasteiger partial charge in [-0.2, -0.15) is 5.10 Å². The van der Waals surface area contributed by atoms with Gasteiger partial charge in [-0.25, -0.2) is 9.37 Å². The molecule has 2 atom stereocenters.